The first-order chi connectivity index (χ1) is 11.2. The number of aliphatic hydroxyl groups excluding tert-OH is 1. The number of carbonyl (C=O) groups is 2. The molecule has 2 rings (SSSR count). The number of aliphatic carboxylic acids is 1. The number of hydrogen-bond donors (Lipinski definition) is 4. The Balaban J connectivity index is 2.14. The van der Waals surface area contributed by atoms with Crippen LogP contribution in [0.25, 0.3) is 0 Å². The van der Waals surface area contributed by atoms with Crippen molar-refractivity contribution in [1.29, 1.82) is 5.41 Å². The molecule has 1 fully saturated rings. The quantitative estimate of drug-likeness (QED) is 0.281. The number of carboxylic acid groups (broad SMARTS) is 1. The standard InChI is InChI=1S/C15H24N4O4S/c1-7-9(6-18(3)4-5-24-15(16)17)12(14(22)23)19-11(7)10(8(2)20)13(19)21/h7-8,10-11,20H,4-6H2,1-3H3,(H3,16,17)(H,22,23)/t7-,8+,10+,11?/m0/s1. The van der Waals surface area contributed by atoms with Gasteiger partial charge in [-0.1, -0.05) is 18.7 Å². The molecule has 0 aromatic carbocycles. The maximum atomic E-state index is 12.2. The van der Waals surface area contributed by atoms with Gasteiger partial charge in [0.1, 0.15) is 5.70 Å². The molecule has 4 atom stereocenters. The van der Waals surface area contributed by atoms with Crippen LogP contribution in [0.1, 0.15) is 13.8 Å². The number of amides is 1. The number of amidine groups is 1. The summed E-state index contributed by atoms with van der Waals surface area (Å²) in [4.78, 5) is 27.2. The topological polar surface area (TPSA) is 131 Å². The van der Waals surface area contributed by atoms with E-state index in [0.717, 1.165) is 0 Å². The van der Waals surface area contributed by atoms with Gasteiger partial charge in [-0.15, -0.1) is 0 Å². The Morgan fingerprint density at radius 2 is 2.17 bits per heavy atom. The van der Waals surface area contributed by atoms with Crippen LogP contribution in [0, 0.1) is 17.2 Å². The fraction of sp³-hybridized carbons (Fsp3) is 0.667. The van der Waals surface area contributed by atoms with Crippen LogP contribution in [0.15, 0.2) is 11.3 Å². The zero-order valence-corrected chi connectivity index (χ0v) is 14.8. The summed E-state index contributed by atoms with van der Waals surface area (Å²) in [6, 6.07) is -0.279. The molecule has 0 spiro atoms. The summed E-state index contributed by atoms with van der Waals surface area (Å²) in [5.74, 6) is -1.44. The summed E-state index contributed by atoms with van der Waals surface area (Å²) in [6.07, 6.45) is -0.791. The number of carboxylic acids is 1. The van der Waals surface area contributed by atoms with Crippen molar-refractivity contribution < 1.29 is 19.8 Å². The van der Waals surface area contributed by atoms with E-state index in [9.17, 15) is 19.8 Å². The Kier molecular flexibility index (Phi) is 5.56. The van der Waals surface area contributed by atoms with Crippen molar-refractivity contribution in [3.05, 3.63) is 11.3 Å². The van der Waals surface area contributed by atoms with Crippen LogP contribution in [0.5, 0.6) is 0 Å². The molecule has 0 radical (unpaired) electrons. The van der Waals surface area contributed by atoms with Crippen LogP contribution in [-0.2, 0) is 9.59 Å². The van der Waals surface area contributed by atoms with Gasteiger partial charge in [-0.2, -0.15) is 0 Å². The minimum Gasteiger partial charge on any atom is -0.477 e. The largest absolute Gasteiger partial charge is 0.477 e. The minimum atomic E-state index is -1.11. The fourth-order valence-electron chi connectivity index (χ4n) is 3.53. The Bertz CT molecular complexity index is 592. The summed E-state index contributed by atoms with van der Waals surface area (Å²) in [6.45, 7) is 4.54. The summed E-state index contributed by atoms with van der Waals surface area (Å²) in [5.41, 5.74) is 6.07. The van der Waals surface area contributed by atoms with Crippen LogP contribution in [0.3, 0.4) is 0 Å². The highest BCUT2D eigenvalue weighted by atomic mass is 32.2. The van der Waals surface area contributed by atoms with Crippen LogP contribution in [0.4, 0.5) is 0 Å². The van der Waals surface area contributed by atoms with Gasteiger partial charge in [0, 0.05) is 24.8 Å². The van der Waals surface area contributed by atoms with Crippen molar-refractivity contribution in [2.24, 2.45) is 17.6 Å². The number of aliphatic hydroxyl groups is 1. The summed E-state index contributed by atoms with van der Waals surface area (Å²) < 4.78 is 0. The summed E-state index contributed by atoms with van der Waals surface area (Å²) in [5, 5.41) is 26.6. The Morgan fingerprint density at radius 1 is 1.54 bits per heavy atom. The van der Waals surface area contributed by atoms with E-state index >= 15 is 0 Å². The van der Waals surface area contributed by atoms with Crippen LogP contribution in [-0.4, -0.2) is 75.1 Å². The number of rotatable bonds is 7. The van der Waals surface area contributed by atoms with Gasteiger partial charge < -0.3 is 25.7 Å². The second kappa shape index (κ2) is 7.12. The van der Waals surface area contributed by atoms with E-state index in [1.807, 2.05) is 18.9 Å². The Morgan fingerprint density at radius 3 is 2.67 bits per heavy atom. The van der Waals surface area contributed by atoms with Gasteiger partial charge in [-0.25, -0.2) is 4.79 Å². The normalized spacial score (nSPS) is 27.3. The minimum absolute atomic E-state index is 0.0533. The molecule has 5 N–H and O–H groups in total. The third-order valence-electron chi connectivity index (χ3n) is 4.69. The van der Waals surface area contributed by atoms with E-state index in [1.54, 1.807) is 6.92 Å². The highest BCUT2D eigenvalue weighted by molar-refractivity contribution is 8.13. The van der Waals surface area contributed by atoms with E-state index in [4.69, 9.17) is 11.1 Å². The predicted octanol–water partition coefficient (Wildman–Crippen LogP) is -0.259. The van der Waals surface area contributed by atoms with Gasteiger partial charge in [0.15, 0.2) is 5.17 Å². The molecule has 8 nitrogen and oxygen atoms in total. The number of hydrogen-bond acceptors (Lipinski definition) is 6. The smallest absolute Gasteiger partial charge is 0.352 e. The van der Waals surface area contributed by atoms with Crippen molar-refractivity contribution in [1.82, 2.24) is 9.80 Å². The SMILES string of the molecule is C[C@H]1C(CN(C)CCSC(=N)N)=C(C(=O)O)N2C(=O)[C@H]([C@@H](C)O)C12. The summed E-state index contributed by atoms with van der Waals surface area (Å²) in [7, 11) is 1.86. The molecule has 0 aromatic heterocycles. The zero-order valence-electron chi connectivity index (χ0n) is 14.0. The van der Waals surface area contributed by atoms with Crippen molar-refractivity contribution >= 4 is 28.8 Å². The maximum Gasteiger partial charge on any atom is 0.352 e. The van der Waals surface area contributed by atoms with Crippen LogP contribution in [0.2, 0.25) is 0 Å². The number of fused-ring (bicyclic) bond motifs is 1. The highest BCUT2D eigenvalue weighted by Crippen LogP contribution is 2.47. The molecule has 24 heavy (non-hydrogen) atoms. The maximum absolute atomic E-state index is 12.2. The summed E-state index contributed by atoms with van der Waals surface area (Å²) >= 11 is 1.23. The van der Waals surface area contributed by atoms with Gasteiger partial charge in [-0.05, 0) is 19.5 Å². The molecule has 0 aromatic rings. The van der Waals surface area contributed by atoms with Gasteiger partial charge in [0.25, 0.3) is 0 Å². The van der Waals surface area contributed by atoms with Gasteiger partial charge >= 0.3 is 5.97 Å². The lowest BCUT2D eigenvalue weighted by Gasteiger charge is -2.46. The average Bonchev–Trinajstić information content (AvgIpc) is 2.68. The second-order valence-corrected chi connectivity index (χ2v) is 7.52. The van der Waals surface area contributed by atoms with Gasteiger partial charge in [0.05, 0.1) is 18.1 Å². The predicted molar refractivity (Wildman–Crippen MR) is 91.5 cm³/mol. The molecular formula is C15H24N4O4S. The van der Waals surface area contributed by atoms with Crippen molar-refractivity contribution in [3.8, 4) is 0 Å². The van der Waals surface area contributed by atoms with Gasteiger partial charge in [0.2, 0.25) is 5.91 Å². The number of likely N-dealkylation sites (N-methyl/N-ethyl adjacent to an activating group) is 1. The number of β-lactam (4-membered cyclic amide) rings is 1. The molecule has 1 amide bonds. The molecule has 0 bridgehead atoms. The molecule has 0 saturated carbocycles. The average molecular weight is 356 g/mol. The number of nitrogens with one attached hydrogen (secondary N) is 1. The second-order valence-electron chi connectivity index (χ2n) is 6.38. The van der Waals surface area contributed by atoms with Crippen LogP contribution < -0.4 is 5.73 Å². The van der Waals surface area contributed by atoms with Crippen molar-refractivity contribution in [3.63, 3.8) is 0 Å². The molecular weight excluding hydrogens is 332 g/mol. The first-order valence-electron chi connectivity index (χ1n) is 7.79. The molecule has 2 heterocycles. The van der Waals surface area contributed by atoms with Crippen LogP contribution >= 0.6 is 11.8 Å². The molecule has 2 aliphatic heterocycles. The van der Waals surface area contributed by atoms with E-state index in [2.05, 4.69) is 0 Å². The Hall–Kier alpha value is -1.58. The highest BCUT2D eigenvalue weighted by Gasteiger charge is 2.59. The third kappa shape index (κ3) is 3.28. The van der Waals surface area contributed by atoms with Crippen molar-refractivity contribution in [2.75, 3.05) is 25.9 Å². The van der Waals surface area contributed by atoms with E-state index in [-0.39, 0.29) is 28.7 Å². The molecule has 1 unspecified atom stereocenters. The lowest BCUT2D eigenvalue weighted by molar-refractivity contribution is -0.163. The van der Waals surface area contributed by atoms with E-state index < -0.39 is 18.0 Å². The molecule has 1 saturated heterocycles. The number of nitrogens with zero attached hydrogens (tertiary/aromatic N) is 2. The molecule has 9 heteroatoms. The molecule has 2 aliphatic rings. The first kappa shape index (κ1) is 18.8. The Labute approximate surface area is 145 Å². The first-order valence-corrected chi connectivity index (χ1v) is 8.78. The lowest BCUT2D eigenvalue weighted by Crippen LogP contribution is -2.63. The fourth-order valence-corrected chi connectivity index (χ4v) is 4.16. The number of carbonyl (C=O) groups excluding carboxylic acids is 1. The number of thioether (sulfide) groups is 1. The molecule has 0 aliphatic carbocycles. The van der Waals surface area contributed by atoms with Gasteiger partial charge in [-0.3, -0.25) is 10.2 Å². The number of nitrogens with two attached hydrogens (primary N) is 1. The third-order valence-corrected chi connectivity index (χ3v) is 5.39. The van der Waals surface area contributed by atoms with Crippen molar-refractivity contribution in [2.45, 2.75) is 26.0 Å². The zero-order chi connectivity index (χ0) is 18.2. The van der Waals surface area contributed by atoms with E-state index in [0.29, 0.717) is 24.4 Å². The monoisotopic (exact) mass is 356 g/mol. The molecule has 134 valence electrons. The lowest BCUT2D eigenvalue weighted by atomic mass is 9.77. The van der Waals surface area contributed by atoms with E-state index in [1.165, 1.54) is 16.7 Å².